The fourth-order valence-electron chi connectivity index (χ4n) is 1.16. The molecule has 0 aromatic carbocycles. The van der Waals surface area contributed by atoms with Gasteiger partial charge < -0.3 is 5.32 Å². The first-order valence-corrected chi connectivity index (χ1v) is 5.45. The lowest BCUT2D eigenvalue weighted by molar-refractivity contribution is 0.672. The first kappa shape index (κ1) is 9.75. The number of hydrogen-bond donors (Lipinski definition) is 1. The summed E-state index contributed by atoms with van der Waals surface area (Å²) in [7, 11) is 0. The summed E-state index contributed by atoms with van der Waals surface area (Å²) in [5.74, 6) is 0. The van der Waals surface area contributed by atoms with E-state index in [1.807, 2.05) is 11.3 Å². The smallest absolute Gasteiger partial charge is 0.00170 e. The molecule has 0 atom stereocenters. The van der Waals surface area contributed by atoms with Crippen LogP contribution in [0, 0.1) is 6.92 Å². The van der Waals surface area contributed by atoms with Gasteiger partial charge in [-0.05, 0) is 49.9 Å². The van der Waals surface area contributed by atoms with E-state index in [0.717, 1.165) is 13.1 Å². The highest BCUT2D eigenvalue weighted by Gasteiger charge is 1.94. The molecule has 1 heterocycles. The van der Waals surface area contributed by atoms with Crippen LogP contribution in [0.25, 0.3) is 0 Å². The summed E-state index contributed by atoms with van der Waals surface area (Å²) in [6.07, 6.45) is 2.40. The molecule has 0 aliphatic rings. The predicted octanol–water partition coefficient (Wildman–Crippen LogP) is 2.60. The van der Waals surface area contributed by atoms with Crippen LogP contribution >= 0.6 is 11.3 Å². The molecule has 0 radical (unpaired) electrons. The first-order chi connectivity index (χ1) is 5.83. The molecule has 12 heavy (non-hydrogen) atoms. The van der Waals surface area contributed by atoms with E-state index in [2.05, 4.69) is 30.6 Å². The van der Waals surface area contributed by atoms with Crippen LogP contribution in [0.5, 0.6) is 0 Å². The second-order valence-electron chi connectivity index (χ2n) is 3.07. The lowest BCUT2D eigenvalue weighted by Gasteiger charge is -1.99. The Hall–Kier alpha value is -0.340. The molecule has 1 aromatic heterocycles. The molecule has 1 aromatic rings. The number of thiophene rings is 1. The van der Waals surface area contributed by atoms with Crippen molar-refractivity contribution in [3.8, 4) is 0 Å². The van der Waals surface area contributed by atoms with Gasteiger partial charge in [0.1, 0.15) is 0 Å². The third-order valence-electron chi connectivity index (χ3n) is 1.80. The summed E-state index contributed by atoms with van der Waals surface area (Å²) in [5, 5.41) is 5.65. The maximum Gasteiger partial charge on any atom is 0.00170 e. The van der Waals surface area contributed by atoms with Crippen LogP contribution in [-0.2, 0) is 6.42 Å². The molecule has 1 rings (SSSR count). The molecule has 0 saturated heterocycles. The Morgan fingerprint density at radius 1 is 1.42 bits per heavy atom. The van der Waals surface area contributed by atoms with E-state index in [4.69, 9.17) is 0 Å². The Bertz CT molecular complexity index is 217. The summed E-state index contributed by atoms with van der Waals surface area (Å²) < 4.78 is 0. The molecule has 0 unspecified atom stereocenters. The molecule has 0 fully saturated rings. The summed E-state index contributed by atoms with van der Waals surface area (Å²) in [5.41, 5.74) is 1.47. The minimum atomic E-state index is 1.12. The average Bonchev–Trinajstić information content (AvgIpc) is 2.45. The van der Waals surface area contributed by atoms with Gasteiger partial charge >= 0.3 is 0 Å². The zero-order valence-electron chi connectivity index (χ0n) is 7.89. The number of nitrogens with one attached hydrogen (secondary N) is 1. The molecule has 0 amide bonds. The van der Waals surface area contributed by atoms with Crippen molar-refractivity contribution in [2.24, 2.45) is 0 Å². The van der Waals surface area contributed by atoms with Crippen molar-refractivity contribution >= 4 is 11.3 Å². The fraction of sp³-hybridized carbons (Fsp3) is 0.600. The van der Waals surface area contributed by atoms with Crippen LogP contribution in [0.3, 0.4) is 0 Å². The molecule has 1 nitrogen and oxygen atoms in total. The number of hydrogen-bond acceptors (Lipinski definition) is 2. The van der Waals surface area contributed by atoms with Crippen molar-refractivity contribution in [1.29, 1.82) is 0 Å². The predicted molar refractivity (Wildman–Crippen MR) is 55.9 cm³/mol. The topological polar surface area (TPSA) is 12.0 Å². The third kappa shape index (κ3) is 3.37. The Morgan fingerprint density at radius 2 is 2.25 bits per heavy atom. The van der Waals surface area contributed by atoms with Crippen LogP contribution in [0.4, 0.5) is 0 Å². The van der Waals surface area contributed by atoms with E-state index in [9.17, 15) is 0 Å². The van der Waals surface area contributed by atoms with Gasteiger partial charge in [0.2, 0.25) is 0 Å². The number of aryl methyl sites for hydroxylation is 1. The highest BCUT2D eigenvalue weighted by Crippen LogP contribution is 2.12. The Kier molecular flexibility index (Phi) is 4.33. The molecule has 0 bridgehead atoms. The highest BCUT2D eigenvalue weighted by molar-refractivity contribution is 7.10. The molecule has 0 aliphatic heterocycles. The number of rotatable bonds is 5. The van der Waals surface area contributed by atoms with Crippen molar-refractivity contribution in [3.63, 3.8) is 0 Å². The van der Waals surface area contributed by atoms with Crippen molar-refractivity contribution < 1.29 is 0 Å². The van der Waals surface area contributed by atoms with E-state index >= 15 is 0 Å². The van der Waals surface area contributed by atoms with Crippen LogP contribution in [0.2, 0.25) is 0 Å². The monoisotopic (exact) mass is 183 g/mol. The Balaban J connectivity index is 2.15. The zero-order valence-corrected chi connectivity index (χ0v) is 8.71. The van der Waals surface area contributed by atoms with Crippen molar-refractivity contribution in [3.05, 3.63) is 21.9 Å². The standard InChI is InChI=1S/C10H17NS/c1-3-5-11-6-4-10-7-9(2)12-8-10/h7-8,11H,3-6H2,1-2H3. The summed E-state index contributed by atoms with van der Waals surface area (Å²) in [6.45, 7) is 6.61. The second kappa shape index (κ2) is 5.33. The van der Waals surface area contributed by atoms with Gasteiger partial charge in [-0.15, -0.1) is 11.3 Å². The molecule has 68 valence electrons. The van der Waals surface area contributed by atoms with Crippen molar-refractivity contribution in [2.45, 2.75) is 26.7 Å². The molecular weight excluding hydrogens is 166 g/mol. The largest absolute Gasteiger partial charge is 0.316 e. The highest BCUT2D eigenvalue weighted by atomic mass is 32.1. The molecule has 1 N–H and O–H groups in total. The SMILES string of the molecule is CCCNCCc1csc(C)c1. The van der Waals surface area contributed by atoms with Gasteiger partial charge in [0.25, 0.3) is 0 Å². The van der Waals surface area contributed by atoms with Crippen molar-refractivity contribution in [1.82, 2.24) is 5.32 Å². The van der Waals surface area contributed by atoms with E-state index in [0.29, 0.717) is 0 Å². The van der Waals surface area contributed by atoms with E-state index in [1.54, 1.807) is 0 Å². The van der Waals surface area contributed by atoms with Crippen molar-refractivity contribution in [2.75, 3.05) is 13.1 Å². The normalized spacial score (nSPS) is 10.5. The maximum atomic E-state index is 3.40. The van der Waals surface area contributed by atoms with Crippen LogP contribution in [-0.4, -0.2) is 13.1 Å². The summed E-state index contributed by atoms with van der Waals surface area (Å²) >= 11 is 1.84. The minimum Gasteiger partial charge on any atom is -0.316 e. The Labute approximate surface area is 78.8 Å². The first-order valence-electron chi connectivity index (χ1n) is 4.57. The van der Waals surface area contributed by atoms with E-state index in [-0.39, 0.29) is 0 Å². The summed E-state index contributed by atoms with van der Waals surface area (Å²) in [4.78, 5) is 1.42. The summed E-state index contributed by atoms with van der Waals surface area (Å²) in [6, 6.07) is 2.28. The Morgan fingerprint density at radius 3 is 2.83 bits per heavy atom. The lowest BCUT2D eigenvalue weighted by atomic mass is 10.2. The zero-order chi connectivity index (χ0) is 8.81. The van der Waals surface area contributed by atoms with Gasteiger partial charge in [0.05, 0.1) is 0 Å². The molecule has 0 aliphatic carbocycles. The molecular formula is C10H17NS. The average molecular weight is 183 g/mol. The van der Waals surface area contributed by atoms with E-state index < -0.39 is 0 Å². The third-order valence-corrected chi connectivity index (χ3v) is 2.71. The van der Waals surface area contributed by atoms with E-state index in [1.165, 1.54) is 23.3 Å². The molecule has 0 saturated carbocycles. The fourth-order valence-corrected chi connectivity index (χ4v) is 1.91. The van der Waals surface area contributed by atoms with Gasteiger partial charge in [-0.2, -0.15) is 0 Å². The van der Waals surface area contributed by atoms with Gasteiger partial charge in [-0.3, -0.25) is 0 Å². The van der Waals surface area contributed by atoms with Crippen LogP contribution < -0.4 is 5.32 Å². The van der Waals surface area contributed by atoms with Crippen LogP contribution in [0.15, 0.2) is 11.4 Å². The second-order valence-corrected chi connectivity index (χ2v) is 4.18. The lowest BCUT2D eigenvalue weighted by Crippen LogP contribution is -2.17. The van der Waals surface area contributed by atoms with Crippen LogP contribution in [0.1, 0.15) is 23.8 Å². The quantitative estimate of drug-likeness (QED) is 0.692. The maximum absolute atomic E-state index is 3.40. The van der Waals surface area contributed by atoms with Gasteiger partial charge in [0, 0.05) is 4.88 Å². The van der Waals surface area contributed by atoms with Gasteiger partial charge in [-0.25, -0.2) is 0 Å². The van der Waals surface area contributed by atoms with Gasteiger partial charge in [-0.1, -0.05) is 6.92 Å². The van der Waals surface area contributed by atoms with Gasteiger partial charge in [0.15, 0.2) is 0 Å². The molecule has 2 heteroatoms. The minimum absolute atomic E-state index is 1.12. The molecule has 0 spiro atoms.